The first-order valence-electron chi connectivity index (χ1n) is 19.8. The number of benzene rings is 5. The molecule has 0 saturated carbocycles. The van der Waals surface area contributed by atoms with E-state index in [1.807, 2.05) is 18.2 Å². The molecule has 7 rings (SSSR count). The van der Waals surface area contributed by atoms with Gasteiger partial charge >= 0.3 is 5.97 Å². The number of H-pyrrole nitrogens is 1. The highest BCUT2D eigenvalue weighted by atomic mass is 16.4. The lowest BCUT2D eigenvalue weighted by Gasteiger charge is -2.27. The Morgan fingerprint density at radius 2 is 1.40 bits per heavy atom. The molecule has 1 aromatic heterocycles. The summed E-state index contributed by atoms with van der Waals surface area (Å²) in [6.07, 6.45) is 1.23. The van der Waals surface area contributed by atoms with Crippen LogP contribution in [-0.2, 0) is 35.2 Å². The van der Waals surface area contributed by atoms with Crippen LogP contribution in [0.1, 0.15) is 38.7 Å². The van der Waals surface area contributed by atoms with E-state index in [0.29, 0.717) is 5.56 Å². The number of aromatic nitrogens is 1. The molecule has 5 aromatic carbocycles. The quantitative estimate of drug-likeness (QED) is 0.0425. The second kappa shape index (κ2) is 17.3. The summed E-state index contributed by atoms with van der Waals surface area (Å²) in [5, 5.41) is 30.2. The number of carbonyl (C=O) groups is 6. The number of nitrogens with one attached hydrogen (secondary N) is 6. The number of carbonyl (C=O) groups excluding carboxylic acids is 5. The van der Waals surface area contributed by atoms with Crippen molar-refractivity contribution in [2.45, 2.75) is 63.7 Å². The van der Waals surface area contributed by atoms with E-state index in [1.54, 1.807) is 20.0 Å². The van der Waals surface area contributed by atoms with Crippen LogP contribution < -0.4 is 38.1 Å². The van der Waals surface area contributed by atoms with Crippen LogP contribution in [-0.4, -0.2) is 88.8 Å². The van der Waals surface area contributed by atoms with Crippen molar-refractivity contribution in [3.8, 4) is 11.1 Å². The Morgan fingerprint density at radius 1 is 0.733 bits per heavy atom. The first-order chi connectivity index (χ1) is 28.8. The van der Waals surface area contributed by atoms with Gasteiger partial charge in [-0.25, -0.2) is 0 Å². The molecule has 16 nitrogen and oxygen atoms in total. The number of carboxylic acids is 1. The van der Waals surface area contributed by atoms with Crippen LogP contribution in [0.3, 0.4) is 0 Å². The van der Waals surface area contributed by atoms with Crippen molar-refractivity contribution >= 4 is 84.7 Å². The smallest absolute Gasteiger partial charge is 0.305 e. The number of hydrogen-bond donors (Lipinski definition) is 9. The molecule has 0 aliphatic carbocycles. The summed E-state index contributed by atoms with van der Waals surface area (Å²) < 4.78 is 0. The molecule has 5 amide bonds. The number of aliphatic imine (C=N–C) groups is 1. The predicted molar refractivity (Wildman–Crippen MR) is 229 cm³/mol. The van der Waals surface area contributed by atoms with Crippen molar-refractivity contribution in [2.24, 2.45) is 22.4 Å². The average molecular weight is 814 g/mol. The van der Waals surface area contributed by atoms with Crippen LogP contribution in [0, 0.1) is 5.92 Å². The number of hydrogen-bond acceptors (Lipinski definition) is 7. The predicted octanol–water partition coefficient (Wildman–Crippen LogP) is 2.53. The van der Waals surface area contributed by atoms with Crippen molar-refractivity contribution in [1.29, 1.82) is 0 Å². The van der Waals surface area contributed by atoms with Crippen LogP contribution in [0.25, 0.3) is 54.3 Å². The second-order valence-electron chi connectivity index (χ2n) is 15.5. The summed E-state index contributed by atoms with van der Waals surface area (Å²) in [5.41, 5.74) is 14.2. The van der Waals surface area contributed by atoms with Crippen LogP contribution in [0.5, 0.6) is 0 Å². The molecule has 1 aliphatic heterocycles. The summed E-state index contributed by atoms with van der Waals surface area (Å²) in [7, 11) is 0. The third kappa shape index (κ3) is 8.62. The average Bonchev–Trinajstić information content (AvgIpc) is 3.63. The number of nitrogens with two attached hydrogens (primary N) is 2. The van der Waals surface area contributed by atoms with Crippen molar-refractivity contribution in [3.05, 3.63) is 84.6 Å². The maximum atomic E-state index is 14.3. The summed E-state index contributed by atoms with van der Waals surface area (Å²) in [4.78, 5) is 87.4. The van der Waals surface area contributed by atoms with Gasteiger partial charge in [-0.3, -0.25) is 33.8 Å². The Balaban J connectivity index is 1.24. The van der Waals surface area contributed by atoms with Gasteiger partial charge in [-0.05, 0) is 62.2 Å². The van der Waals surface area contributed by atoms with E-state index in [2.05, 4.69) is 91.2 Å². The van der Waals surface area contributed by atoms with E-state index in [-0.39, 0.29) is 31.8 Å². The number of aromatic amines is 1. The molecule has 0 bridgehead atoms. The van der Waals surface area contributed by atoms with Crippen molar-refractivity contribution in [3.63, 3.8) is 0 Å². The Morgan fingerprint density at radius 3 is 2.12 bits per heavy atom. The number of nitrogens with zero attached hydrogens (tertiary/aromatic N) is 1. The van der Waals surface area contributed by atoms with Crippen LogP contribution >= 0.6 is 0 Å². The highest BCUT2D eigenvalue weighted by molar-refractivity contribution is 6.26. The molecule has 0 radical (unpaired) electrons. The minimum Gasteiger partial charge on any atom is -0.481 e. The number of rotatable bonds is 10. The molecular formula is C44H47N9O7. The first-order valence-corrected chi connectivity index (χ1v) is 19.8. The van der Waals surface area contributed by atoms with Gasteiger partial charge in [0, 0.05) is 30.1 Å². The van der Waals surface area contributed by atoms with Gasteiger partial charge in [0.2, 0.25) is 29.5 Å². The Labute approximate surface area is 344 Å². The highest BCUT2D eigenvalue weighted by Crippen LogP contribution is 2.41. The third-order valence-electron chi connectivity index (χ3n) is 11.0. The lowest BCUT2D eigenvalue weighted by Crippen LogP contribution is -2.59. The second-order valence-corrected chi connectivity index (χ2v) is 15.5. The summed E-state index contributed by atoms with van der Waals surface area (Å²) in [6.45, 7) is 2.96. The van der Waals surface area contributed by atoms with Gasteiger partial charge in [-0.15, -0.1) is 0 Å². The van der Waals surface area contributed by atoms with Crippen molar-refractivity contribution in [2.75, 3.05) is 13.1 Å². The molecule has 1 fully saturated rings. The topological polar surface area (TPSA) is 263 Å². The number of amides is 5. The highest BCUT2D eigenvalue weighted by Gasteiger charge is 2.34. The molecule has 2 heterocycles. The van der Waals surface area contributed by atoms with E-state index in [1.165, 1.54) is 5.39 Å². The summed E-state index contributed by atoms with van der Waals surface area (Å²) in [5.74, 6) is -5.93. The fraction of sp³-hybridized carbons (Fsp3) is 0.295. The molecular weight excluding hydrogens is 767 g/mol. The Bertz CT molecular complexity index is 2650. The third-order valence-corrected chi connectivity index (χ3v) is 11.0. The van der Waals surface area contributed by atoms with Crippen molar-refractivity contribution < 1.29 is 33.9 Å². The van der Waals surface area contributed by atoms with E-state index in [4.69, 9.17) is 11.5 Å². The molecule has 60 heavy (non-hydrogen) atoms. The number of guanidine groups is 1. The van der Waals surface area contributed by atoms with Crippen LogP contribution in [0.2, 0.25) is 0 Å². The van der Waals surface area contributed by atoms with Gasteiger partial charge in [0.15, 0.2) is 5.96 Å². The zero-order valence-electron chi connectivity index (χ0n) is 33.1. The van der Waals surface area contributed by atoms with Gasteiger partial charge in [0.25, 0.3) is 0 Å². The molecule has 310 valence electrons. The molecule has 0 unspecified atom stereocenters. The lowest BCUT2D eigenvalue weighted by atomic mass is 9.89. The van der Waals surface area contributed by atoms with E-state index >= 15 is 0 Å². The standard InChI is InChI=1S/C44H47N9O7/c1-22(2)38-43(60)51-31(10-5-17-47-44(45)46)40(57)49-21-34(54)50-33(19-35(55)56)41(58)52-32(42(59)53-38)18-26-20-48-39-27(26)8-4-9-30(39)28-15-13-25-12-11-23-6-3-7-24-14-16-29(28)37(25)36(23)24/h3-4,6-9,11-16,20,22,31-33,38,48H,5,10,17-19,21H2,1-2H3,(H,49,57)(H,50,54)(H,51,60)(H,52,58)(H,53,59)(H,55,56)(H4,45,46,47)/t31-,32+,33-,38-/m0/s1. The number of carboxylic acid groups (broad SMARTS) is 1. The first kappa shape index (κ1) is 40.9. The fourth-order valence-corrected chi connectivity index (χ4v) is 8.02. The van der Waals surface area contributed by atoms with Crippen LogP contribution in [0.4, 0.5) is 0 Å². The van der Waals surface area contributed by atoms with E-state index < -0.39 is 78.6 Å². The Hall–Kier alpha value is -7.23. The molecule has 16 heteroatoms. The lowest BCUT2D eigenvalue weighted by molar-refractivity contribution is -0.141. The van der Waals surface area contributed by atoms with Gasteiger partial charge in [0.1, 0.15) is 24.2 Å². The molecule has 0 spiro atoms. The largest absolute Gasteiger partial charge is 0.481 e. The van der Waals surface area contributed by atoms with Gasteiger partial charge in [0.05, 0.1) is 18.5 Å². The molecule has 4 atom stereocenters. The number of aliphatic carboxylic acids is 1. The number of fused-ring (bicyclic) bond motifs is 1. The van der Waals surface area contributed by atoms with Gasteiger partial charge < -0.3 is 48.1 Å². The summed E-state index contributed by atoms with van der Waals surface area (Å²) >= 11 is 0. The van der Waals surface area contributed by atoms with Gasteiger partial charge in [-0.2, -0.15) is 0 Å². The fourth-order valence-electron chi connectivity index (χ4n) is 8.02. The SMILES string of the molecule is CC(C)[C@@H]1NC(=O)[C@@H](Cc2c[nH]c3c(-c4ccc5ccc6cccc7ccc4c5c67)cccc23)NC(=O)[C@H](CC(=O)O)NC(=O)CNC(=O)[C@H](CCCN=C(N)N)NC1=O. The minimum atomic E-state index is -1.60. The maximum absolute atomic E-state index is 14.3. The molecule has 11 N–H and O–H groups in total. The molecule has 1 aliphatic rings. The Kier molecular flexibility index (Phi) is 11.8. The minimum absolute atomic E-state index is 0.0763. The van der Waals surface area contributed by atoms with E-state index in [0.717, 1.165) is 49.0 Å². The van der Waals surface area contributed by atoms with Gasteiger partial charge in [-0.1, -0.05) is 86.6 Å². The monoisotopic (exact) mass is 813 g/mol. The van der Waals surface area contributed by atoms with E-state index in [9.17, 15) is 33.9 Å². The van der Waals surface area contributed by atoms with Crippen LogP contribution in [0.15, 0.2) is 84.0 Å². The summed E-state index contributed by atoms with van der Waals surface area (Å²) in [6, 6.07) is 19.6. The normalized spacial score (nSPS) is 19.7. The molecule has 1 saturated heterocycles. The zero-order valence-corrected chi connectivity index (χ0v) is 33.1. The zero-order chi connectivity index (χ0) is 42.7. The number of para-hydroxylation sites is 1. The molecule has 6 aromatic rings. The van der Waals surface area contributed by atoms with Crippen molar-refractivity contribution in [1.82, 2.24) is 31.6 Å². The maximum Gasteiger partial charge on any atom is 0.305 e.